The average molecular weight is 247 g/mol. The Labute approximate surface area is 92.7 Å². The Bertz CT molecular complexity index is 480. The minimum absolute atomic E-state index is 0.119. The van der Waals surface area contributed by atoms with Crippen LogP contribution in [0.2, 0.25) is 0 Å². The van der Waals surface area contributed by atoms with Crippen LogP contribution in [-0.4, -0.2) is 34.8 Å². The normalized spacial score (nSPS) is 31.1. The zero-order chi connectivity index (χ0) is 12.1. The average Bonchev–Trinajstić information content (AvgIpc) is 2.94. The highest BCUT2D eigenvalue weighted by Gasteiger charge is 2.48. The molecular formula is C7H13N5O3S. The molecule has 2 aliphatic rings. The van der Waals surface area contributed by atoms with Crippen molar-refractivity contribution in [1.29, 1.82) is 0 Å². The predicted molar refractivity (Wildman–Crippen MR) is 57.8 cm³/mol. The fourth-order valence-corrected chi connectivity index (χ4v) is 1.99. The fourth-order valence-electron chi connectivity index (χ4n) is 1.40. The molecule has 0 aromatic rings. The Morgan fingerprint density at radius 1 is 1.56 bits per heavy atom. The molecule has 9 heteroatoms. The smallest absolute Gasteiger partial charge is 0.281 e. The van der Waals surface area contributed by atoms with Crippen molar-refractivity contribution in [1.82, 2.24) is 5.01 Å². The molecule has 90 valence electrons. The van der Waals surface area contributed by atoms with E-state index >= 15 is 0 Å². The van der Waals surface area contributed by atoms with Crippen LogP contribution in [0.25, 0.3) is 0 Å². The van der Waals surface area contributed by atoms with Gasteiger partial charge in [-0.1, -0.05) is 0 Å². The van der Waals surface area contributed by atoms with E-state index in [9.17, 15) is 8.42 Å². The highest BCUT2D eigenvalue weighted by molar-refractivity contribution is 7.87. The molecule has 0 radical (unpaired) electrons. The Balaban J connectivity index is 2.50. The first-order valence-electron chi connectivity index (χ1n) is 4.71. The lowest BCUT2D eigenvalue weighted by molar-refractivity contribution is 0.252. The minimum Gasteiger partial charge on any atom is -0.281 e. The molecule has 0 bridgehead atoms. The van der Waals surface area contributed by atoms with Crippen molar-refractivity contribution in [3.05, 3.63) is 0 Å². The number of hydrogen-bond donors (Lipinski definition) is 3. The number of hydrogen-bond acceptors (Lipinski definition) is 7. The summed E-state index contributed by atoms with van der Waals surface area (Å²) in [5.74, 6) is 6.11. The summed E-state index contributed by atoms with van der Waals surface area (Å²) >= 11 is 0. The molecule has 0 spiro atoms. The van der Waals surface area contributed by atoms with Crippen molar-refractivity contribution in [2.45, 2.75) is 24.9 Å². The summed E-state index contributed by atoms with van der Waals surface area (Å²) in [6.07, 6.45) is 1.78. The van der Waals surface area contributed by atoms with Gasteiger partial charge in [0.15, 0.2) is 0 Å². The third-order valence-corrected chi connectivity index (χ3v) is 3.61. The molecule has 0 saturated heterocycles. The van der Waals surface area contributed by atoms with E-state index in [2.05, 4.69) is 9.98 Å². The first kappa shape index (κ1) is 11.5. The highest BCUT2D eigenvalue weighted by atomic mass is 32.2. The molecule has 5 N–H and O–H groups in total. The van der Waals surface area contributed by atoms with Crippen LogP contribution in [-0.2, 0) is 10.1 Å². The van der Waals surface area contributed by atoms with Crippen LogP contribution in [0.15, 0.2) is 9.98 Å². The molecule has 1 aliphatic heterocycles. The van der Waals surface area contributed by atoms with Gasteiger partial charge in [-0.2, -0.15) is 8.42 Å². The van der Waals surface area contributed by atoms with Crippen LogP contribution in [0, 0.1) is 5.92 Å². The molecule has 1 fully saturated rings. The van der Waals surface area contributed by atoms with Crippen molar-refractivity contribution in [2.24, 2.45) is 27.5 Å². The van der Waals surface area contributed by atoms with E-state index in [1.54, 1.807) is 0 Å². The molecule has 1 heterocycles. The highest BCUT2D eigenvalue weighted by Crippen LogP contribution is 2.34. The number of amidine groups is 2. The van der Waals surface area contributed by atoms with E-state index in [1.165, 1.54) is 6.92 Å². The third-order valence-electron chi connectivity index (χ3n) is 2.57. The molecule has 1 aliphatic carbocycles. The zero-order valence-electron chi connectivity index (χ0n) is 8.66. The molecule has 8 nitrogen and oxygen atoms in total. The quantitative estimate of drug-likeness (QED) is 0.417. The summed E-state index contributed by atoms with van der Waals surface area (Å²) in [6.45, 7) is 1.50. The molecular weight excluding hydrogens is 234 g/mol. The largest absolute Gasteiger partial charge is 0.332 e. The first-order valence-corrected chi connectivity index (χ1v) is 6.15. The van der Waals surface area contributed by atoms with Crippen LogP contribution in [0.4, 0.5) is 0 Å². The molecule has 0 aromatic heterocycles. The fraction of sp³-hybridized carbons (Fsp3) is 0.714. The van der Waals surface area contributed by atoms with Crippen molar-refractivity contribution in [3.8, 4) is 0 Å². The van der Waals surface area contributed by atoms with Crippen molar-refractivity contribution in [3.63, 3.8) is 0 Å². The first-order chi connectivity index (χ1) is 7.25. The van der Waals surface area contributed by atoms with Crippen LogP contribution in [0.5, 0.6) is 0 Å². The summed E-state index contributed by atoms with van der Waals surface area (Å²) < 4.78 is 31.5. The summed E-state index contributed by atoms with van der Waals surface area (Å²) in [4.78, 5) is 7.79. The minimum atomic E-state index is -4.64. The zero-order valence-corrected chi connectivity index (χ0v) is 9.48. The van der Waals surface area contributed by atoms with E-state index in [-0.39, 0.29) is 11.8 Å². The van der Waals surface area contributed by atoms with Gasteiger partial charge in [0.25, 0.3) is 0 Å². The van der Waals surface area contributed by atoms with Gasteiger partial charge in [0, 0.05) is 5.92 Å². The molecule has 0 aromatic carbocycles. The van der Waals surface area contributed by atoms with Crippen molar-refractivity contribution < 1.29 is 13.0 Å². The maximum atomic E-state index is 11.2. The Morgan fingerprint density at radius 2 is 2.12 bits per heavy atom. The number of nitrogens with zero attached hydrogens (tertiary/aromatic N) is 3. The van der Waals surface area contributed by atoms with Crippen LogP contribution in [0.1, 0.15) is 19.8 Å². The van der Waals surface area contributed by atoms with Gasteiger partial charge >= 0.3 is 15.2 Å². The summed E-state index contributed by atoms with van der Waals surface area (Å²) in [5.41, 5.74) is 5.52. The second-order valence-corrected chi connectivity index (χ2v) is 5.46. The van der Waals surface area contributed by atoms with Gasteiger partial charge in [0.2, 0.25) is 0 Å². The van der Waals surface area contributed by atoms with Gasteiger partial charge in [-0.15, -0.1) is 0 Å². The number of rotatable bonds is 2. The molecule has 2 rings (SSSR count). The number of hydrazine groups is 1. The Kier molecular flexibility index (Phi) is 2.31. The lowest BCUT2D eigenvalue weighted by Gasteiger charge is -2.35. The Hall–Kier alpha value is -1.03. The van der Waals surface area contributed by atoms with Gasteiger partial charge in [-0.05, 0) is 19.8 Å². The summed E-state index contributed by atoms with van der Waals surface area (Å²) in [7, 11) is -4.64. The third kappa shape index (κ3) is 1.61. The monoisotopic (exact) mass is 247 g/mol. The van der Waals surface area contributed by atoms with Crippen molar-refractivity contribution in [2.75, 3.05) is 0 Å². The SMILES string of the molecule is CC1=NC(C2CC2)=NC(N)(S(=O)(=O)O)N1N. The van der Waals surface area contributed by atoms with Crippen molar-refractivity contribution >= 4 is 21.8 Å². The molecule has 0 amide bonds. The van der Waals surface area contributed by atoms with E-state index in [4.69, 9.17) is 16.1 Å². The van der Waals surface area contributed by atoms with Gasteiger partial charge in [0.1, 0.15) is 11.7 Å². The van der Waals surface area contributed by atoms with E-state index in [0.717, 1.165) is 12.8 Å². The summed E-state index contributed by atoms with van der Waals surface area (Å²) in [5, 5.41) is -1.72. The van der Waals surface area contributed by atoms with Gasteiger partial charge < -0.3 is 0 Å². The predicted octanol–water partition coefficient (Wildman–Crippen LogP) is -1.14. The number of nitrogens with two attached hydrogens (primary N) is 2. The lowest BCUT2D eigenvalue weighted by Crippen LogP contribution is -2.66. The van der Waals surface area contributed by atoms with Gasteiger partial charge in [-0.3, -0.25) is 10.3 Å². The molecule has 1 atom stereocenters. The van der Waals surface area contributed by atoms with E-state index < -0.39 is 15.2 Å². The second kappa shape index (κ2) is 3.23. The van der Waals surface area contributed by atoms with E-state index in [0.29, 0.717) is 10.8 Å². The number of aliphatic imine (C=N–C) groups is 2. The maximum absolute atomic E-state index is 11.2. The topological polar surface area (TPSA) is 134 Å². The molecule has 1 unspecified atom stereocenters. The van der Waals surface area contributed by atoms with Gasteiger partial charge in [0.05, 0.1) is 0 Å². The van der Waals surface area contributed by atoms with Gasteiger partial charge in [-0.25, -0.2) is 20.8 Å². The maximum Gasteiger partial charge on any atom is 0.332 e. The van der Waals surface area contributed by atoms with Crippen LogP contribution >= 0.6 is 0 Å². The molecule has 16 heavy (non-hydrogen) atoms. The lowest BCUT2D eigenvalue weighted by atomic mass is 10.3. The van der Waals surface area contributed by atoms with Crippen LogP contribution < -0.4 is 11.6 Å². The molecule has 1 saturated carbocycles. The van der Waals surface area contributed by atoms with E-state index in [1.807, 2.05) is 0 Å². The second-order valence-electron chi connectivity index (χ2n) is 3.91. The Morgan fingerprint density at radius 3 is 2.56 bits per heavy atom. The summed E-state index contributed by atoms with van der Waals surface area (Å²) in [6, 6.07) is 0. The standard InChI is InChI=1S/C7H13N5O3S/c1-4-10-6(5-2-3-5)11-7(8,12(4)9)16(13,14)15/h5H,2-3,8-9H2,1H3,(H,13,14,15). The van der Waals surface area contributed by atoms with Crippen LogP contribution in [0.3, 0.4) is 0 Å².